The zero-order valence-electron chi connectivity index (χ0n) is 21.8. The third-order valence-electron chi connectivity index (χ3n) is 5.98. The third-order valence-corrected chi connectivity index (χ3v) is 6.45. The zero-order chi connectivity index (χ0) is 26.7. The van der Waals surface area contributed by atoms with Gasteiger partial charge in [0.05, 0.1) is 42.0 Å². The number of aromatic nitrogens is 7. The largest absolute Gasteiger partial charge is 1.00 e. The number of hydrogen-bond acceptors (Lipinski definition) is 11. The van der Waals surface area contributed by atoms with E-state index in [0.29, 0.717) is 29.2 Å². The van der Waals surface area contributed by atoms with Crippen molar-refractivity contribution >= 4 is 19.2 Å². The Morgan fingerprint density at radius 1 is 1.23 bits per heavy atom. The number of amides is 1. The number of anilines is 1. The van der Waals surface area contributed by atoms with E-state index >= 15 is 0 Å². The van der Waals surface area contributed by atoms with Crippen LogP contribution in [0, 0.1) is 0 Å². The minimum atomic E-state index is -4.05. The van der Waals surface area contributed by atoms with E-state index in [1.165, 1.54) is 18.7 Å². The molecule has 1 amide bonds. The molecule has 5 rings (SSSR count). The van der Waals surface area contributed by atoms with Gasteiger partial charge in [0.2, 0.25) is 13.5 Å². The summed E-state index contributed by atoms with van der Waals surface area (Å²) in [5.74, 6) is -0.455. The molecule has 1 saturated carbocycles. The van der Waals surface area contributed by atoms with Crippen LogP contribution >= 0.6 is 7.60 Å². The first-order chi connectivity index (χ1) is 18.3. The van der Waals surface area contributed by atoms with E-state index in [9.17, 15) is 14.3 Å². The SMILES string of the molecule is CCOC1CCC(n2cc(NC(=O)c3coc(-c4cnn(OP(C)(=O)[O-])c4)n3)c(-c3cnccn3)n2)CC1.[Na+]. The van der Waals surface area contributed by atoms with Gasteiger partial charge in [-0.15, -0.1) is 9.94 Å². The number of carbonyl (C=O) groups excluding carboxylic acids is 1. The topological polar surface area (TPSA) is 175 Å². The number of nitrogens with zero attached hydrogens (tertiary/aromatic N) is 7. The maximum atomic E-state index is 13.1. The molecule has 0 saturated heterocycles. The second-order valence-corrected chi connectivity index (χ2v) is 10.5. The fraction of sp³-hybridized carbons (Fsp3) is 0.391. The summed E-state index contributed by atoms with van der Waals surface area (Å²) >= 11 is 0. The molecule has 16 heteroatoms. The van der Waals surface area contributed by atoms with Gasteiger partial charge in [0, 0.05) is 31.9 Å². The molecule has 1 atom stereocenters. The summed E-state index contributed by atoms with van der Waals surface area (Å²) in [6.07, 6.45) is 14.2. The first kappa shape index (κ1) is 29.1. The van der Waals surface area contributed by atoms with E-state index in [-0.39, 0.29) is 53.3 Å². The molecule has 0 aromatic carbocycles. The van der Waals surface area contributed by atoms with Crippen LogP contribution < -0.4 is 44.4 Å². The molecule has 14 nitrogen and oxygen atoms in total. The van der Waals surface area contributed by atoms with Gasteiger partial charge in [-0.1, -0.05) is 0 Å². The Hall–Kier alpha value is -2.87. The van der Waals surface area contributed by atoms with Crippen LogP contribution in [0.3, 0.4) is 0 Å². The Bertz CT molecular complexity index is 1440. The molecule has 200 valence electrons. The quantitative estimate of drug-likeness (QED) is 0.206. The van der Waals surface area contributed by atoms with E-state index < -0.39 is 13.5 Å². The average molecular weight is 564 g/mol. The number of hydrogen-bond donors (Lipinski definition) is 1. The molecular formula is C23H26N8NaO6P. The van der Waals surface area contributed by atoms with Crippen molar-refractivity contribution in [2.45, 2.75) is 44.8 Å². The molecule has 39 heavy (non-hydrogen) atoms. The first-order valence-corrected chi connectivity index (χ1v) is 14.1. The number of oxazole rings is 1. The molecule has 4 aromatic rings. The summed E-state index contributed by atoms with van der Waals surface area (Å²) in [5.41, 5.74) is 1.80. The van der Waals surface area contributed by atoms with Crippen molar-refractivity contribution < 1.29 is 57.6 Å². The number of ether oxygens (including phenoxy) is 1. The summed E-state index contributed by atoms with van der Waals surface area (Å²) in [4.78, 5) is 37.9. The van der Waals surface area contributed by atoms with Gasteiger partial charge in [0.25, 0.3) is 5.91 Å². The van der Waals surface area contributed by atoms with Gasteiger partial charge in [-0.2, -0.15) is 5.10 Å². The molecular weight excluding hydrogens is 538 g/mol. The van der Waals surface area contributed by atoms with Crippen LogP contribution in [0.5, 0.6) is 0 Å². The second-order valence-electron chi connectivity index (χ2n) is 8.82. The summed E-state index contributed by atoms with van der Waals surface area (Å²) in [6, 6.07) is 0.165. The minimum Gasteiger partial charge on any atom is -0.767 e. The molecule has 1 N–H and O–H groups in total. The van der Waals surface area contributed by atoms with Gasteiger partial charge >= 0.3 is 29.6 Å². The summed E-state index contributed by atoms with van der Waals surface area (Å²) in [6.45, 7) is 3.62. The molecule has 1 aliphatic rings. The Labute approximate surface area is 245 Å². The number of carbonyl (C=O) groups is 1. The van der Waals surface area contributed by atoms with Crippen LogP contribution in [0.15, 0.2) is 47.9 Å². The Kier molecular flexibility index (Phi) is 9.36. The van der Waals surface area contributed by atoms with E-state index in [1.54, 1.807) is 24.8 Å². The van der Waals surface area contributed by atoms with Crippen LogP contribution in [0.4, 0.5) is 5.69 Å². The van der Waals surface area contributed by atoms with Crippen molar-refractivity contribution in [2.75, 3.05) is 18.6 Å². The van der Waals surface area contributed by atoms with Crippen LogP contribution in [0.25, 0.3) is 22.8 Å². The molecule has 1 unspecified atom stereocenters. The van der Waals surface area contributed by atoms with Crippen molar-refractivity contribution in [3.05, 3.63) is 49.1 Å². The fourth-order valence-electron chi connectivity index (χ4n) is 4.30. The molecule has 1 aliphatic carbocycles. The molecule has 4 aromatic heterocycles. The van der Waals surface area contributed by atoms with E-state index in [1.807, 2.05) is 11.6 Å². The standard InChI is InChI=1S/C23H27N8O6P.Na/c1-3-35-17-6-4-16(5-7-17)30-13-19(21(29-30)18-11-24-8-9-25-18)27-22(32)20-14-36-23(28-20)15-10-26-31(12-15)37-38(2,33)34;/h8-14,16-17H,3-7H2,1-2H3,(H,27,32)(H,33,34);/q;+1/p-1. The molecule has 1 fully saturated rings. The van der Waals surface area contributed by atoms with Crippen molar-refractivity contribution in [2.24, 2.45) is 0 Å². The van der Waals surface area contributed by atoms with Crippen LogP contribution in [-0.4, -0.2) is 60.0 Å². The Balaban J connectivity index is 0.00000353. The predicted molar refractivity (Wildman–Crippen MR) is 132 cm³/mol. The molecule has 0 bridgehead atoms. The van der Waals surface area contributed by atoms with Crippen LogP contribution in [-0.2, 0) is 9.30 Å². The van der Waals surface area contributed by atoms with Crippen LogP contribution in [0.2, 0.25) is 0 Å². The van der Waals surface area contributed by atoms with E-state index in [0.717, 1.165) is 37.2 Å². The maximum absolute atomic E-state index is 13.1. The number of rotatable bonds is 9. The monoisotopic (exact) mass is 564 g/mol. The van der Waals surface area contributed by atoms with Crippen molar-refractivity contribution in [1.29, 1.82) is 0 Å². The summed E-state index contributed by atoms with van der Waals surface area (Å²) < 4.78 is 29.1. The van der Waals surface area contributed by atoms with Gasteiger partial charge in [0.1, 0.15) is 17.7 Å². The predicted octanol–water partition coefficient (Wildman–Crippen LogP) is -0.420. The van der Waals surface area contributed by atoms with Gasteiger partial charge < -0.3 is 24.0 Å². The molecule has 0 radical (unpaired) electrons. The van der Waals surface area contributed by atoms with E-state index in [4.69, 9.17) is 18.9 Å². The average Bonchev–Trinajstić information content (AvgIpc) is 3.64. The second kappa shape index (κ2) is 12.5. The Morgan fingerprint density at radius 3 is 2.72 bits per heavy atom. The molecule has 0 spiro atoms. The molecule has 0 aliphatic heterocycles. The number of nitrogens with one attached hydrogen (secondary N) is 1. The fourth-order valence-corrected chi connectivity index (χ4v) is 4.69. The van der Waals surface area contributed by atoms with Crippen molar-refractivity contribution in [3.63, 3.8) is 0 Å². The van der Waals surface area contributed by atoms with Gasteiger partial charge in [-0.25, -0.2) is 4.98 Å². The zero-order valence-corrected chi connectivity index (χ0v) is 24.7. The smallest absolute Gasteiger partial charge is 0.767 e. The Morgan fingerprint density at radius 2 is 2.03 bits per heavy atom. The minimum absolute atomic E-state index is 0. The summed E-state index contributed by atoms with van der Waals surface area (Å²) in [7, 11) is -4.05. The van der Waals surface area contributed by atoms with Gasteiger partial charge in [-0.3, -0.25) is 24.0 Å². The normalized spacial score (nSPS) is 18.6. The van der Waals surface area contributed by atoms with Gasteiger partial charge in [0.15, 0.2) is 5.69 Å². The third kappa shape index (κ3) is 7.21. The molecule has 4 heterocycles. The first-order valence-electron chi connectivity index (χ1n) is 12.1. The van der Waals surface area contributed by atoms with Crippen LogP contribution in [0.1, 0.15) is 49.1 Å². The summed E-state index contributed by atoms with van der Waals surface area (Å²) in [5, 5.41) is 11.4. The maximum Gasteiger partial charge on any atom is 1.00 e. The van der Waals surface area contributed by atoms with Gasteiger partial charge in [-0.05, 0) is 32.6 Å². The van der Waals surface area contributed by atoms with Crippen molar-refractivity contribution in [1.82, 2.24) is 34.7 Å². The van der Waals surface area contributed by atoms with Crippen molar-refractivity contribution in [3.8, 4) is 22.8 Å². The van der Waals surface area contributed by atoms with E-state index in [2.05, 4.69) is 25.4 Å².